The Morgan fingerprint density at radius 2 is 2.24 bits per heavy atom. The number of benzene rings is 1. The second-order valence-electron chi connectivity index (χ2n) is 4.49. The maximum Gasteiger partial charge on any atom is 0.343 e. The minimum absolute atomic E-state index is 0.230. The van der Waals surface area contributed by atoms with Gasteiger partial charge in [0, 0.05) is 23.8 Å². The van der Waals surface area contributed by atoms with Crippen LogP contribution in [0.1, 0.15) is 5.56 Å². The summed E-state index contributed by atoms with van der Waals surface area (Å²) in [5.74, 6) is 6.78. The minimum Gasteiger partial charge on any atom is -0.308 e. The van der Waals surface area contributed by atoms with Gasteiger partial charge in [0.05, 0.1) is 5.52 Å². The molecule has 3 rings (SSSR count). The Hall–Kier alpha value is -2.32. The molecule has 8 heteroatoms. The second-order valence-corrected chi connectivity index (χ2v) is 5.43. The molecule has 0 saturated carbocycles. The van der Waals surface area contributed by atoms with Crippen LogP contribution < -0.4 is 17.0 Å². The zero-order valence-corrected chi connectivity index (χ0v) is 12.1. The Morgan fingerprint density at radius 1 is 1.43 bits per heavy atom. The number of H-pyrrole nitrogens is 1. The molecule has 1 aromatic carbocycles. The molecular weight excluding hydrogens is 288 g/mol. The molecule has 21 heavy (non-hydrogen) atoms. The summed E-state index contributed by atoms with van der Waals surface area (Å²) < 4.78 is 1.47. The number of pyridine rings is 1. The van der Waals surface area contributed by atoms with Gasteiger partial charge in [0.2, 0.25) is 0 Å². The molecule has 0 aliphatic heterocycles. The van der Waals surface area contributed by atoms with E-state index in [4.69, 9.17) is 5.84 Å². The Kier molecular flexibility index (Phi) is 3.63. The molecule has 0 aliphatic carbocycles. The lowest BCUT2D eigenvalue weighted by Crippen LogP contribution is -2.13. The smallest absolute Gasteiger partial charge is 0.308 e. The number of nitrogens with zero attached hydrogens (tertiary/aromatic N) is 3. The molecule has 3 aromatic rings. The van der Waals surface area contributed by atoms with Crippen LogP contribution in [-0.4, -0.2) is 19.7 Å². The Labute approximate surface area is 124 Å². The quantitative estimate of drug-likeness (QED) is 0.381. The van der Waals surface area contributed by atoms with E-state index in [1.807, 2.05) is 30.3 Å². The van der Waals surface area contributed by atoms with Crippen LogP contribution >= 0.6 is 11.8 Å². The molecule has 0 saturated heterocycles. The first kappa shape index (κ1) is 13.7. The van der Waals surface area contributed by atoms with Crippen molar-refractivity contribution in [1.29, 1.82) is 0 Å². The van der Waals surface area contributed by atoms with E-state index in [9.17, 15) is 4.79 Å². The monoisotopic (exact) mass is 302 g/mol. The topological polar surface area (TPSA) is 102 Å². The zero-order valence-electron chi connectivity index (χ0n) is 11.3. The number of hydrogen-bond donors (Lipinski definition) is 3. The number of nitrogen functional groups attached to an aromatic ring is 1. The predicted octanol–water partition coefficient (Wildman–Crippen LogP) is 1.23. The molecule has 0 aliphatic rings. The molecular formula is C13H14N6OS. The first-order valence-corrected chi connectivity index (χ1v) is 7.27. The third-order valence-electron chi connectivity index (χ3n) is 3.14. The fraction of sp³-hybridized carbons (Fsp3) is 0.154. The molecule has 0 unspecified atom stereocenters. The van der Waals surface area contributed by atoms with Crippen molar-refractivity contribution < 1.29 is 0 Å². The van der Waals surface area contributed by atoms with Crippen molar-refractivity contribution in [2.75, 3.05) is 5.43 Å². The highest BCUT2D eigenvalue weighted by molar-refractivity contribution is 7.98. The third kappa shape index (κ3) is 2.63. The van der Waals surface area contributed by atoms with Crippen LogP contribution in [0, 0.1) is 0 Å². The molecule has 108 valence electrons. The van der Waals surface area contributed by atoms with E-state index in [1.165, 1.54) is 16.3 Å². The molecule has 0 radical (unpaired) electrons. The van der Waals surface area contributed by atoms with Crippen LogP contribution in [0.15, 0.2) is 40.3 Å². The molecule has 0 amide bonds. The molecule has 0 atom stereocenters. The SMILES string of the molecule is Cn1c(SCc2cc3ccccc3nc2NN)n[nH]c1=O. The van der Waals surface area contributed by atoms with Gasteiger partial charge in [-0.3, -0.25) is 4.57 Å². The lowest BCUT2D eigenvalue weighted by Gasteiger charge is -2.09. The summed E-state index contributed by atoms with van der Waals surface area (Å²) in [5, 5.41) is 8.04. The van der Waals surface area contributed by atoms with E-state index in [0.717, 1.165) is 16.5 Å². The van der Waals surface area contributed by atoms with Gasteiger partial charge in [-0.25, -0.2) is 20.7 Å². The highest BCUT2D eigenvalue weighted by Gasteiger charge is 2.09. The second kappa shape index (κ2) is 5.58. The summed E-state index contributed by atoms with van der Waals surface area (Å²) in [6.45, 7) is 0. The number of hydrazine groups is 1. The predicted molar refractivity (Wildman–Crippen MR) is 82.9 cm³/mol. The Morgan fingerprint density at radius 3 is 2.95 bits per heavy atom. The average molecular weight is 302 g/mol. The van der Waals surface area contributed by atoms with Gasteiger partial charge >= 0.3 is 5.69 Å². The van der Waals surface area contributed by atoms with Crippen LogP contribution in [0.3, 0.4) is 0 Å². The maximum atomic E-state index is 11.3. The number of fused-ring (bicyclic) bond motifs is 1. The van der Waals surface area contributed by atoms with E-state index in [2.05, 4.69) is 20.6 Å². The van der Waals surface area contributed by atoms with Crippen molar-refractivity contribution in [3.63, 3.8) is 0 Å². The van der Waals surface area contributed by atoms with Crippen molar-refractivity contribution in [2.45, 2.75) is 10.9 Å². The van der Waals surface area contributed by atoms with Crippen molar-refractivity contribution in [2.24, 2.45) is 12.9 Å². The summed E-state index contributed by atoms with van der Waals surface area (Å²) >= 11 is 1.44. The number of thioether (sulfide) groups is 1. The molecule has 4 N–H and O–H groups in total. The van der Waals surface area contributed by atoms with Crippen molar-refractivity contribution in [3.05, 3.63) is 46.4 Å². The Balaban J connectivity index is 1.92. The average Bonchev–Trinajstić information content (AvgIpc) is 2.83. The molecule has 0 fully saturated rings. The zero-order chi connectivity index (χ0) is 14.8. The number of nitrogens with one attached hydrogen (secondary N) is 2. The van der Waals surface area contributed by atoms with Gasteiger partial charge in [-0.15, -0.1) is 5.10 Å². The van der Waals surface area contributed by atoms with E-state index in [0.29, 0.717) is 16.7 Å². The highest BCUT2D eigenvalue weighted by Crippen LogP contribution is 2.26. The highest BCUT2D eigenvalue weighted by atomic mass is 32.2. The first-order chi connectivity index (χ1) is 10.2. The lowest BCUT2D eigenvalue weighted by molar-refractivity contribution is 0.766. The molecule has 2 heterocycles. The van der Waals surface area contributed by atoms with E-state index in [-0.39, 0.29) is 5.69 Å². The normalized spacial score (nSPS) is 11.0. The summed E-state index contributed by atoms with van der Waals surface area (Å²) in [6.07, 6.45) is 0. The van der Waals surface area contributed by atoms with Crippen LogP contribution in [0.2, 0.25) is 0 Å². The maximum absolute atomic E-state index is 11.3. The number of hydrogen-bond acceptors (Lipinski definition) is 6. The standard InChI is InChI=1S/C13H14N6OS/c1-19-12(20)17-18-13(19)21-7-9-6-8-4-2-3-5-10(8)15-11(9)16-14/h2-6H,7,14H2,1H3,(H,15,16)(H,17,20). The van der Waals surface area contributed by atoms with Gasteiger partial charge in [-0.2, -0.15) is 0 Å². The van der Waals surface area contributed by atoms with Crippen LogP contribution in [0.4, 0.5) is 5.82 Å². The van der Waals surface area contributed by atoms with E-state index < -0.39 is 0 Å². The van der Waals surface area contributed by atoms with E-state index in [1.54, 1.807) is 7.05 Å². The molecule has 7 nitrogen and oxygen atoms in total. The summed E-state index contributed by atoms with van der Waals surface area (Å²) in [6, 6.07) is 9.87. The fourth-order valence-corrected chi connectivity index (χ4v) is 2.89. The molecule has 2 aromatic heterocycles. The summed E-state index contributed by atoms with van der Waals surface area (Å²) in [7, 11) is 1.68. The number of para-hydroxylation sites is 1. The molecule has 0 spiro atoms. The molecule has 0 bridgehead atoms. The number of aromatic nitrogens is 4. The van der Waals surface area contributed by atoms with Crippen molar-refractivity contribution in [3.8, 4) is 0 Å². The summed E-state index contributed by atoms with van der Waals surface area (Å²) in [5.41, 5.74) is 4.23. The van der Waals surface area contributed by atoms with Crippen molar-refractivity contribution >= 4 is 28.5 Å². The van der Waals surface area contributed by atoms with Crippen molar-refractivity contribution in [1.82, 2.24) is 19.7 Å². The van der Waals surface area contributed by atoms with E-state index >= 15 is 0 Å². The number of nitrogens with two attached hydrogens (primary N) is 1. The first-order valence-electron chi connectivity index (χ1n) is 6.28. The minimum atomic E-state index is -0.230. The van der Waals surface area contributed by atoms with Gasteiger partial charge in [-0.05, 0) is 12.1 Å². The van der Waals surface area contributed by atoms with Crippen LogP contribution in [0.5, 0.6) is 0 Å². The largest absolute Gasteiger partial charge is 0.343 e. The number of aromatic amines is 1. The summed E-state index contributed by atoms with van der Waals surface area (Å²) in [4.78, 5) is 15.8. The number of rotatable bonds is 4. The van der Waals surface area contributed by atoms with Gasteiger partial charge in [-0.1, -0.05) is 30.0 Å². The Bertz CT molecular complexity index is 840. The number of anilines is 1. The fourth-order valence-electron chi connectivity index (χ4n) is 2.00. The van der Waals surface area contributed by atoms with Crippen LogP contribution in [0.25, 0.3) is 10.9 Å². The van der Waals surface area contributed by atoms with Gasteiger partial charge in [0.25, 0.3) is 0 Å². The van der Waals surface area contributed by atoms with Gasteiger partial charge in [0.15, 0.2) is 5.16 Å². The van der Waals surface area contributed by atoms with Gasteiger partial charge in [0.1, 0.15) is 5.82 Å². The van der Waals surface area contributed by atoms with Crippen LogP contribution in [-0.2, 0) is 12.8 Å². The van der Waals surface area contributed by atoms with Gasteiger partial charge < -0.3 is 5.43 Å². The lowest BCUT2D eigenvalue weighted by atomic mass is 10.1. The third-order valence-corrected chi connectivity index (χ3v) is 4.21.